The predicted molar refractivity (Wildman–Crippen MR) is 100 cm³/mol. The van der Waals surface area contributed by atoms with Crippen LogP contribution in [0.4, 0.5) is 5.82 Å². The number of nitrogens with two attached hydrogens (primary N) is 1. The fraction of sp³-hybridized carbons (Fsp3) is 0.350. The van der Waals surface area contributed by atoms with Crippen LogP contribution < -0.4 is 10.6 Å². The van der Waals surface area contributed by atoms with Gasteiger partial charge in [0.15, 0.2) is 0 Å². The van der Waals surface area contributed by atoms with Gasteiger partial charge in [-0.1, -0.05) is 18.2 Å². The number of anilines is 1. The summed E-state index contributed by atoms with van der Waals surface area (Å²) in [6.45, 7) is 0.549. The van der Waals surface area contributed by atoms with Gasteiger partial charge in [-0.15, -0.1) is 0 Å². The van der Waals surface area contributed by atoms with E-state index in [9.17, 15) is 0 Å². The van der Waals surface area contributed by atoms with Crippen LogP contribution in [0.1, 0.15) is 30.4 Å². The maximum absolute atomic E-state index is 5.74. The fourth-order valence-electron chi connectivity index (χ4n) is 3.47. The third kappa shape index (κ3) is 3.20. The van der Waals surface area contributed by atoms with Crippen LogP contribution >= 0.6 is 0 Å². The molecule has 1 saturated carbocycles. The smallest absolute Gasteiger partial charge is 0.140 e. The first kappa shape index (κ1) is 16.0. The molecule has 5 nitrogen and oxygen atoms in total. The Balaban J connectivity index is 1.81. The van der Waals surface area contributed by atoms with Crippen LogP contribution in [0.2, 0.25) is 0 Å². The third-order valence-electron chi connectivity index (χ3n) is 4.81. The molecule has 1 aromatic carbocycles. The van der Waals surface area contributed by atoms with Gasteiger partial charge < -0.3 is 10.6 Å². The first-order valence-electron chi connectivity index (χ1n) is 8.87. The van der Waals surface area contributed by atoms with Crippen molar-refractivity contribution in [3.8, 4) is 0 Å². The highest BCUT2D eigenvalue weighted by Crippen LogP contribution is 2.45. The molecule has 2 N–H and O–H groups in total. The van der Waals surface area contributed by atoms with E-state index in [2.05, 4.69) is 40.1 Å². The largest absolute Gasteiger partial charge is 0.350 e. The third-order valence-corrected chi connectivity index (χ3v) is 4.81. The summed E-state index contributed by atoms with van der Waals surface area (Å²) in [4.78, 5) is 16.4. The number of fused-ring (bicyclic) bond motifs is 1. The molecule has 4 rings (SSSR count). The first-order valence-corrected chi connectivity index (χ1v) is 8.87. The Labute approximate surface area is 147 Å². The average Bonchev–Trinajstić information content (AvgIpc) is 3.47. The van der Waals surface area contributed by atoms with Crippen molar-refractivity contribution in [3.05, 3.63) is 60.2 Å². The number of nitrogens with zero attached hydrogens (tertiary/aromatic N) is 4. The van der Waals surface area contributed by atoms with Crippen molar-refractivity contribution in [2.24, 2.45) is 11.7 Å². The molecule has 0 bridgehead atoms. The molecule has 0 spiro atoms. The lowest BCUT2D eigenvalue weighted by atomic mass is 10.1. The average molecular weight is 333 g/mol. The second-order valence-corrected chi connectivity index (χ2v) is 6.67. The van der Waals surface area contributed by atoms with E-state index in [-0.39, 0.29) is 6.04 Å². The minimum Gasteiger partial charge on any atom is -0.350 e. The summed E-state index contributed by atoms with van der Waals surface area (Å²) in [6, 6.07) is 14.6. The van der Waals surface area contributed by atoms with Crippen LogP contribution in [0.5, 0.6) is 0 Å². The fourth-order valence-corrected chi connectivity index (χ4v) is 3.47. The standard InChI is InChI=1S/C20H23N5/c1-25(19(14-9-10-14)17-8-4-5-13-22-17)20-15-6-2-3-7-16(15)23-18(24-20)11-12-21/h2-8,13-14,19H,9-12,21H2,1H3/t19-/m0/s1. The minimum atomic E-state index is 0.241. The van der Waals surface area contributed by atoms with Crippen molar-refractivity contribution in [2.45, 2.75) is 25.3 Å². The van der Waals surface area contributed by atoms with Crippen LogP contribution in [0.3, 0.4) is 0 Å². The van der Waals surface area contributed by atoms with Crippen molar-refractivity contribution >= 4 is 16.7 Å². The number of aromatic nitrogens is 3. The van der Waals surface area contributed by atoms with Crippen LogP contribution in [0.15, 0.2) is 48.7 Å². The van der Waals surface area contributed by atoms with Crippen LogP contribution in [0.25, 0.3) is 10.9 Å². The van der Waals surface area contributed by atoms with E-state index in [1.165, 1.54) is 12.8 Å². The molecule has 2 heterocycles. The van der Waals surface area contributed by atoms with Gasteiger partial charge in [0.25, 0.3) is 0 Å². The lowest BCUT2D eigenvalue weighted by molar-refractivity contribution is 0.573. The molecule has 2 aromatic heterocycles. The van der Waals surface area contributed by atoms with Crippen molar-refractivity contribution in [2.75, 3.05) is 18.5 Å². The van der Waals surface area contributed by atoms with Gasteiger partial charge in [0, 0.05) is 25.1 Å². The highest BCUT2D eigenvalue weighted by molar-refractivity contribution is 5.89. The first-order chi connectivity index (χ1) is 12.3. The second kappa shape index (κ2) is 6.76. The van der Waals surface area contributed by atoms with Gasteiger partial charge >= 0.3 is 0 Å². The number of para-hydroxylation sites is 1. The highest BCUT2D eigenvalue weighted by Gasteiger charge is 2.37. The van der Waals surface area contributed by atoms with Crippen LogP contribution in [-0.2, 0) is 6.42 Å². The summed E-state index contributed by atoms with van der Waals surface area (Å²) < 4.78 is 0. The predicted octanol–water partition coefficient (Wildman–Crippen LogP) is 3.11. The summed E-state index contributed by atoms with van der Waals surface area (Å²) in [6.07, 6.45) is 5.04. The van der Waals surface area contributed by atoms with Gasteiger partial charge in [-0.05, 0) is 49.6 Å². The number of benzene rings is 1. The molecular weight excluding hydrogens is 310 g/mol. The second-order valence-electron chi connectivity index (χ2n) is 6.67. The summed E-state index contributed by atoms with van der Waals surface area (Å²) >= 11 is 0. The molecule has 0 radical (unpaired) electrons. The quantitative estimate of drug-likeness (QED) is 0.751. The van der Waals surface area contributed by atoms with E-state index in [0.29, 0.717) is 18.9 Å². The van der Waals surface area contributed by atoms with Crippen LogP contribution in [-0.4, -0.2) is 28.5 Å². The van der Waals surface area contributed by atoms with E-state index in [1.54, 1.807) is 0 Å². The van der Waals surface area contributed by atoms with Crippen molar-refractivity contribution in [1.82, 2.24) is 15.0 Å². The maximum Gasteiger partial charge on any atom is 0.140 e. The normalized spacial score (nSPS) is 15.3. The van der Waals surface area contributed by atoms with Crippen LogP contribution in [0, 0.1) is 5.92 Å². The number of hydrogen-bond acceptors (Lipinski definition) is 5. The molecule has 0 saturated heterocycles. The van der Waals surface area contributed by atoms with Gasteiger partial charge in [-0.2, -0.15) is 0 Å². The Kier molecular flexibility index (Phi) is 4.32. The molecule has 1 aliphatic carbocycles. The minimum absolute atomic E-state index is 0.241. The van der Waals surface area contributed by atoms with Gasteiger partial charge in [-0.3, -0.25) is 4.98 Å². The van der Waals surface area contributed by atoms with E-state index in [0.717, 1.165) is 28.2 Å². The van der Waals surface area contributed by atoms with Gasteiger partial charge in [-0.25, -0.2) is 9.97 Å². The number of hydrogen-bond donors (Lipinski definition) is 1. The molecule has 0 unspecified atom stereocenters. The zero-order valence-electron chi connectivity index (χ0n) is 14.5. The van der Waals surface area contributed by atoms with E-state index < -0.39 is 0 Å². The molecular formula is C20H23N5. The molecule has 1 aliphatic rings. The van der Waals surface area contributed by atoms with Crippen molar-refractivity contribution < 1.29 is 0 Å². The Bertz CT molecular complexity index is 860. The van der Waals surface area contributed by atoms with Crippen molar-refractivity contribution in [3.63, 3.8) is 0 Å². The number of rotatable bonds is 6. The Morgan fingerprint density at radius 1 is 1.12 bits per heavy atom. The van der Waals surface area contributed by atoms with Crippen molar-refractivity contribution in [1.29, 1.82) is 0 Å². The van der Waals surface area contributed by atoms with E-state index in [1.807, 2.05) is 30.5 Å². The van der Waals surface area contributed by atoms with E-state index in [4.69, 9.17) is 10.7 Å². The zero-order chi connectivity index (χ0) is 17.2. The molecule has 1 atom stereocenters. The molecule has 3 aromatic rings. The van der Waals surface area contributed by atoms with Gasteiger partial charge in [0.2, 0.25) is 0 Å². The Morgan fingerprint density at radius 3 is 2.64 bits per heavy atom. The molecule has 25 heavy (non-hydrogen) atoms. The lowest BCUT2D eigenvalue weighted by Gasteiger charge is -2.30. The highest BCUT2D eigenvalue weighted by atomic mass is 15.2. The molecule has 128 valence electrons. The monoisotopic (exact) mass is 333 g/mol. The Morgan fingerprint density at radius 2 is 1.92 bits per heavy atom. The SMILES string of the molecule is CN(c1nc(CCN)nc2ccccc12)[C@H](c1ccccn1)C1CC1. The lowest BCUT2D eigenvalue weighted by Crippen LogP contribution is -2.28. The summed E-state index contributed by atoms with van der Waals surface area (Å²) in [5, 5.41) is 1.08. The number of pyridine rings is 1. The summed E-state index contributed by atoms with van der Waals surface area (Å²) in [5.41, 5.74) is 7.81. The summed E-state index contributed by atoms with van der Waals surface area (Å²) in [7, 11) is 2.12. The molecule has 1 fully saturated rings. The molecule has 0 amide bonds. The Hall–Kier alpha value is -2.53. The summed E-state index contributed by atoms with van der Waals surface area (Å²) in [5.74, 6) is 2.40. The maximum atomic E-state index is 5.74. The van der Waals surface area contributed by atoms with E-state index >= 15 is 0 Å². The molecule has 0 aliphatic heterocycles. The topological polar surface area (TPSA) is 67.9 Å². The molecule has 5 heteroatoms. The van der Waals surface area contributed by atoms with Gasteiger partial charge in [0.05, 0.1) is 17.3 Å². The van der Waals surface area contributed by atoms with Gasteiger partial charge in [0.1, 0.15) is 11.6 Å². The zero-order valence-corrected chi connectivity index (χ0v) is 14.5.